The summed E-state index contributed by atoms with van der Waals surface area (Å²) in [6.45, 7) is 6.78. The van der Waals surface area contributed by atoms with Gasteiger partial charge in [0.15, 0.2) is 6.01 Å². The van der Waals surface area contributed by atoms with Crippen molar-refractivity contribution in [2.24, 2.45) is 22.1 Å². The molecule has 0 fully saturated rings. The van der Waals surface area contributed by atoms with Gasteiger partial charge >= 0.3 is 20.2 Å². The Hall–Kier alpha value is -1.12. The number of rotatable bonds is 8. The SMILES string of the molecule is CC(C)CS(=O)(=O)ON=C=NOS(=O)(=O)CC(C)C. The third-order valence-corrected chi connectivity index (χ3v) is 4.21. The molecule has 0 atom stereocenters. The molecule has 10 heteroatoms. The average molecular weight is 314 g/mol. The highest BCUT2D eigenvalue weighted by Gasteiger charge is 2.14. The minimum Gasteiger partial charge on any atom is -0.258 e. The topological polar surface area (TPSA) is 111 Å². The predicted octanol–water partition coefficient (Wildman–Crippen LogP) is 0.995. The highest BCUT2D eigenvalue weighted by atomic mass is 32.2. The predicted molar refractivity (Wildman–Crippen MR) is 69.3 cm³/mol. The standard InChI is InChI=1S/C9H18N2O6S2/c1-8(2)5-18(12,13)16-10-7-11-17-19(14,15)6-9(3)4/h8-9H,5-6H2,1-4H3. The van der Waals surface area contributed by atoms with Crippen LogP contribution in [0.4, 0.5) is 0 Å². The van der Waals surface area contributed by atoms with Gasteiger partial charge in [-0.3, -0.25) is 8.57 Å². The van der Waals surface area contributed by atoms with E-state index in [9.17, 15) is 16.8 Å². The van der Waals surface area contributed by atoms with Crippen molar-refractivity contribution in [1.29, 1.82) is 0 Å². The van der Waals surface area contributed by atoms with Crippen LogP contribution < -0.4 is 0 Å². The van der Waals surface area contributed by atoms with Gasteiger partial charge in [0.2, 0.25) is 0 Å². The van der Waals surface area contributed by atoms with Gasteiger partial charge in [0.1, 0.15) is 0 Å². The Bertz CT molecular complexity index is 483. The fourth-order valence-electron chi connectivity index (χ4n) is 1.04. The number of hydrogen-bond donors (Lipinski definition) is 0. The molecular weight excluding hydrogens is 296 g/mol. The summed E-state index contributed by atoms with van der Waals surface area (Å²) < 4.78 is 53.1. The molecule has 0 aliphatic rings. The zero-order valence-electron chi connectivity index (χ0n) is 11.2. The molecule has 0 amide bonds. The second kappa shape index (κ2) is 7.46. The Morgan fingerprint density at radius 2 is 1.16 bits per heavy atom. The molecular formula is C9H18N2O6S2. The first-order chi connectivity index (χ1) is 8.54. The molecule has 0 aromatic carbocycles. The molecule has 0 aromatic rings. The summed E-state index contributed by atoms with van der Waals surface area (Å²) in [7, 11) is -7.62. The molecule has 0 rings (SSSR count). The highest BCUT2D eigenvalue weighted by Crippen LogP contribution is 2.03. The second-order valence-electron chi connectivity index (χ2n) is 4.67. The van der Waals surface area contributed by atoms with Gasteiger partial charge in [0.05, 0.1) is 11.5 Å². The maximum atomic E-state index is 11.2. The first kappa shape index (κ1) is 17.9. The molecule has 0 unspecified atom stereocenters. The van der Waals surface area contributed by atoms with Crippen LogP contribution in [-0.4, -0.2) is 34.3 Å². The van der Waals surface area contributed by atoms with Crippen LogP contribution in [0.2, 0.25) is 0 Å². The Balaban J connectivity index is 4.40. The maximum absolute atomic E-state index is 11.2. The van der Waals surface area contributed by atoms with Gasteiger partial charge < -0.3 is 0 Å². The van der Waals surface area contributed by atoms with E-state index in [-0.39, 0.29) is 23.3 Å². The quantitative estimate of drug-likeness (QED) is 0.488. The lowest BCUT2D eigenvalue weighted by atomic mass is 10.3. The van der Waals surface area contributed by atoms with Gasteiger partial charge in [-0.05, 0) is 11.8 Å². The fraction of sp³-hybridized carbons (Fsp3) is 0.889. The normalized spacial score (nSPS) is 12.1. The largest absolute Gasteiger partial charge is 0.329 e. The van der Waals surface area contributed by atoms with Crippen LogP contribution in [0.5, 0.6) is 0 Å². The molecule has 0 aliphatic carbocycles. The number of hydrogen-bond acceptors (Lipinski definition) is 8. The van der Waals surface area contributed by atoms with E-state index in [1.807, 2.05) is 0 Å². The van der Waals surface area contributed by atoms with E-state index in [2.05, 4.69) is 18.9 Å². The van der Waals surface area contributed by atoms with Crippen molar-refractivity contribution >= 4 is 26.2 Å². The maximum Gasteiger partial charge on any atom is 0.329 e. The third-order valence-electron chi connectivity index (χ3n) is 1.46. The van der Waals surface area contributed by atoms with Crippen molar-refractivity contribution in [3.05, 3.63) is 0 Å². The fourth-order valence-corrected chi connectivity index (χ4v) is 3.09. The molecule has 0 saturated carbocycles. The molecule has 0 spiro atoms. The van der Waals surface area contributed by atoms with E-state index in [1.54, 1.807) is 33.7 Å². The van der Waals surface area contributed by atoms with Crippen molar-refractivity contribution in [1.82, 2.24) is 0 Å². The second-order valence-corrected chi connectivity index (χ2v) is 7.86. The summed E-state index contributed by atoms with van der Waals surface area (Å²) in [5.41, 5.74) is 0. The lowest BCUT2D eigenvalue weighted by Gasteiger charge is -2.02. The average Bonchev–Trinajstić information content (AvgIpc) is 2.11. The van der Waals surface area contributed by atoms with E-state index in [0.717, 1.165) is 0 Å². The zero-order valence-corrected chi connectivity index (χ0v) is 12.9. The molecule has 19 heavy (non-hydrogen) atoms. The van der Waals surface area contributed by atoms with Crippen molar-refractivity contribution in [3.8, 4) is 0 Å². The molecule has 0 aliphatic heterocycles. The summed E-state index contributed by atoms with van der Waals surface area (Å²) >= 11 is 0. The van der Waals surface area contributed by atoms with Crippen LogP contribution in [0.15, 0.2) is 10.3 Å². The summed E-state index contributed by atoms with van der Waals surface area (Å²) in [4.78, 5) is 0. The summed E-state index contributed by atoms with van der Waals surface area (Å²) in [5.74, 6) is -0.686. The zero-order chi connectivity index (χ0) is 15.1. The van der Waals surface area contributed by atoms with Crippen LogP contribution in [0, 0.1) is 11.8 Å². The molecule has 8 nitrogen and oxygen atoms in total. The van der Waals surface area contributed by atoms with Crippen LogP contribution in [0.25, 0.3) is 0 Å². The summed E-state index contributed by atoms with van der Waals surface area (Å²) in [6.07, 6.45) is 0. The van der Waals surface area contributed by atoms with Gasteiger partial charge in [-0.1, -0.05) is 27.7 Å². The van der Waals surface area contributed by atoms with Gasteiger partial charge in [0.25, 0.3) is 0 Å². The van der Waals surface area contributed by atoms with E-state index in [0.29, 0.717) is 0 Å². The first-order valence-electron chi connectivity index (χ1n) is 5.52. The van der Waals surface area contributed by atoms with Crippen LogP contribution >= 0.6 is 0 Å². The first-order valence-corrected chi connectivity index (χ1v) is 8.67. The molecule has 0 heterocycles. The minimum absolute atomic E-state index is 0.125. The van der Waals surface area contributed by atoms with Gasteiger partial charge in [-0.2, -0.15) is 16.8 Å². The Morgan fingerprint density at radius 1 is 0.842 bits per heavy atom. The van der Waals surface area contributed by atoms with E-state index < -0.39 is 20.2 Å². The van der Waals surface area contributed by atoms with Crippen LogP contribution in [0.1, 0.15) is 27.7 Å². The molecule has 0 radical (unpaired) electrons. The summed E-state index contributed by atoms with van der Waals surface area (Å²) in [5, 5.41) is 5.77. The smallest absolute Gasteiger partial charge is 0.258 e. The minimum atomic E-state index is -3.81. The molecule has 0 N–H and O–H groups in total. The molecule has 0 saturated heterocycles. The van der Waals surface area contributed by atoms with Crippen molar-refractivity contribution < 1.29 is 25.4 Å². The molecule has 0 bridgehead atoms. The van der Waals surface area contributed by atoms with Crippen LogP contribution in [0.3, 0.4) is 0 Å². The van der Waals surface area contributed by atoms with Crippen molar-refractivity contribution in [2.45, 2.75) is 27.7 Å². The third kappa shape index (κ3) is 10.5. The van der Waals surface area contributed by atoms with Crippen molar-refractivity contribution in [3.63, 3.8) is 0 Å². The van der Waals surface area contributed by atoms with Crippen LogP contribution in [-0.2, 0) is 28.8 Å². The van der Waals surface area contributed by atoms with E-state index >= 15 is 0 Å². The lowest BCUT2D eigenvalue weighted by Crippen LogP contribution is -2.12. The Kier molecular flexibility index (Phi) is 7.02. The monoisotopic (exact) mass is 314 g/mol. The van der Waals surface area contributed by atoms with Crippen molar-refractivity contribution in [2.75, 3.05) is 11.5 Å². The highest BCUT2D eigenvalue weighted by molar-refractivity contribution is 7.86. The number of nitrogens with zero attached hydrogens (tertiary/aromatic N) is 2. The Morgan fingerprint density at radius 3 is 1.42 bits per heavy atom. The summed E-state index contributed by atoms with van der Waals surface area (Å²) in [6, 6.07) is 1.69. The molecule has 112 valence electrons. The Labute approximate surface area is 113 Å². The van der Waals surface area contributed by atoms with E-state index in [1.165, 1.54) is 0 Å². The van der Waals surface area contributed by atoms with E-state index in [4.69, 9.17) is 0 Å². The molecule has 0 aromatic heterocycles. The van der Waals surface area contributed by atoms with Gasteiger partial charge in [0, 0.05) is 10.3 Å². The van der Waals surface area contributed by atoms with Gasteiger partial charge in [-0.25, -0.2) is 0 Å². The lowest BCUT2D eigenvalue weighted by molar-refractivity contribution is 0.323. The van der Waals surface area contributed by atoms with Gasteiger partial charge in [-0.15, -0.1) is 0 Å².